The minimum absolute atomic E-state index is 0.123. The van der Waals surface area contributed by atoms with Gasteiger partial charge in [-0.2, -0.15) is 0 Å². The van der Waals surface area contributed by atoms with Crippen LogP contribution in [0.2, 0.25) is 0 Å². The van der Waals surface area contributed by atoms with Gasteiger partial charge in [0.1, 0.15) is 6.67 Å². The van der Waals surface area contributed by atoms with Crippen LogP contribution in [0.4, 0.5) is 4.39 Å². The van der Waals surface area contributed by atoms with E-state index >= 15 is 0 Å². The van der Waals surface area contributed by atoms with Gasteiger partial charge >= 0.3 is 0 Å². The summed E-state index contributed by atoms with van der Waals surface area (Å²) in [4.78, 5) is 0. The van der Waals surface area contributed by atoms with Crippen molar-refractivity contribution in [2.45, 2.75) is 20.0 Å². The summed E-state index contributed by atoms with van der Waals surface area (Å²) in [6.45, 7) is 10.9. The lowest BCUT2D eigenvalue weighted by Crippen LogP contribution is -2.15. The van der Waals surface area contributed by atoms with Crippen LogP contribution in [0.15, 0.2) is 0 Å². The number of rotatable bonds is 24. The minimum atomic E-state index is -0.466. The Hall–Kier alpha value is -0.390. The van der Waals surface area contributed by atoms with Gasteiger partial charge in [0.05, 0.1) is 105 Å². The predicted octanol–water partition coefficient (Wildman–Crippen LogP) is 1.50. The van der Waals surface area contributed by atoms with Crippen molar-refractivity contribution in [3.8, 4) is 0 Å². The van der Waals surface area contributed by atoms with Crippen molar-refractivity contribution >= 4 is 0 Å². The highest BCUT2D eigenvalue weighted by Gasteiger charge is 1.95. The lowest BCUT2D eigenvalue weighted by molar-refractivity contribution is -0.0257. The molecule has 0 bridgehead atoms. The molecule has 0 saturated carbocycles. The molecular formula is C19H39FO8. The number of halogens is 1. The zero-order chi connectivity index (χ0) is 20.5. The smallest absolute Gasteiger partial charge is 0.113 e. The summed E-state index contributed by atoms with van der Waals surface area (Å²) in [5, 5.41) is 0. The first-order chi connectivity index (χ1) is 13.8. The molecule has 0 N–H and O–H groups in total. The van der Waals surface area contributed by atoms with Gasteiger partial charge < -0.3 is 37.9 Å². The Morgan fingerprint density at radius 1 is 0.429 bits per heavy atom. The van der Waals surface area contributed by atoms with Crippen molar-refractivity contribution in [1.82, 2.24) is 0 Å². The van der Waals surface area contributed by atoms with Crippen molar-refractivity contribution < 1.29 is 42.3 Å². The van der Waals surface area contributed by atoms with E-state index in [9.17, 15) is 4.39 Å². The molecule has 9 heteroatoms. The van der Waals surface area contributed by atoms with Crippen LogP contribution in [0, 0.1) is 0 Å². The van der Waals surface area contributed by atoms with Gasteiger partial charge in [-0.05, 0) is 13.8 Å². The second-order valence-electron chi connectivity index (χ2n) is 5.90. The summed E-state index contributed by atoms with van der Waals surface area (Å²) in [6.07, 6.45) is 0.236. The monoisotopic (exact) mass is 414 g/mol. The van der Waals surface area contributed by atoms with Gasteiger partial charge in [-0.15, -0.1) is 0 Å². The zero-order valence-electron chi connectivity index (χ0n) is 17.5. The average Bonchev–Trinajstić information content (AvgIpc) is 2.68. The Morgan fingerprint density at radius 2 is 0.679 bits per heavy atom. The van der Waals surface area contributed by atoms with Crippen molar-refractivity contribution in [2.75, 3.05) is 106 Å². The van der Waals surface area contributed by atoms with Gasteiger partial charge in [0.15, 0.2) is 0 Å². The minimum Gasteiger partial charge on any atom is -0.377 e. The number of hydrogen-bond acceptors (Lipinski definition) is 8. The maximum atomic E-state index is 11.7. The summed E-state index contributed by atoms with van der Waals surface area (Å²) >= 11 is 0. The third-order valence-electron chi connectivity index (χ3n) is 3.13. The zero-order valence-corrected chi connectivity index (χ0v) is 17.5. The van der Waals surface area contributed by atoms with Gasteiger partial charge in [-0.3, -0.25) is 0 Å². The molecule has 0 rings (SSSR count). The summed E-state index contributed by atoms with van der Waals surface area (Å²) in [5.74, 6) is 0. The fraction of sp³-hybridized carbons (Fsp3) is 1.00. The lowest BCUT2D eigenvalue weighted by atomic mass is 10.5. The first kappa shape index (κ1) is 27.6. The molecule has 0 saturated heterocycles. The van der Waals surface area contributed by atoms with E-state index in [2.05, 4.69) is 0 Å². The first-order valence-electron chi connectivity index (χ1n) is 9.99. The predicted molar refractivity (Wildman–Crippen MR) is 103 cm³/mol. The van der Waals surface area contributed by atoms with Gasteiger partial charge in [-0.1, -0.05) is 0 Å². The van der Waals surface area contributed by atoms with Crippen LogP contribution in [0.1, 0.15) is 13.8 Å². The van der Waals surface area contributed by atoms with E-state index in [-0.39, 0.29) is 12.7 Å². The molecule has 0 heterocycles. The Morgan fingerprint density at radius 3 is 0.929 bits per heavy atom. The van der Waals surface area contributed by atoms with Crippen LogP contribution < -0.4 is 0 Å². The molecule has 0 spiro atoms. The van der Waals surface area contributed by atoms with E-state index in [0.29, 0.717) is 92.5 Å². The summed E-state index contributed by atoms with van der Waals surface area (Å²) in [7, 11) is 0. The normalized spacial score (nSPS) is 11.6. The Bertz CT molecular complexity index is 285. The second-order valence-corrected chi connectivity index (χ2v) is 5.90. The fourth-order valence-corrected chi connectivity index (χ4v) is 1.82. The lowest BCUT2D eigenvalue weighted by Gasteiger charge is -2.09. The van der Waals surface area contributed by atoms with Crippen molar-refractivity contribution in [1.29, 1.82) is 0 Å². The molecule has 0 aliphatic carbocycles. The van der Waals surface area contributed by atoms with Gasteiger partial charge in [-0.25, -0.2) is 4.39 Å². The van der Waals surface area contributed by atoms with E-state index in [1.165, 1.54) is 0 Å². The van der Waals surface area contributed by atoms with E-state index in [0.717, 1.165) is 0 Å². The summed E-state index contributed by atoms with van der Waals surface area (Å²) in [5.41, 5.74) is 0. The fourth-order valence-electron chi connectivity index (χ4n) is 1.82. The Labute approximate surface area is 168 Å². The number of alkyl halides is 1. The molecule has 0 fully saturated rings. The van der Waals surface area contributed by atoms with Crippen LogP contribution in [0.5, 0.6) is 0 Å². The molecule has 0 aromatic carbocycles. The summed E-state index contributed by atoms with van der Waals surface area (Å²) < 4.78 is 54.2. The van der Waals surface area contributed by atoms with Crippen LogP contribution in [-0.2, 0) is 37.9 Å². The van der Waals surface area contributed by atoms with Crippen molar-refractivity contribution in [2.24, 2.45) is 0 Å². The number of ether oxygens (including phenoxy) is 8. The Balaban J connectivity index is 2.98. The molecule has 0 aromatic heterocycles. The van der Waals surface area contributed by atoms with Crippen molar-refractivity contribution in [3.63, 3.8) is 0 Å². The highest BCUT2D eigenvalue weighted by Crippen LogP contribution is 1.88. The molecule has 0 radical (unpaired) electrons. The molecule has 8 nitrogen and oxygen atoms in total. The SMILES string of the molecule is CC(C)OCCOCCOCCOCCOCCOCCOCCOCCF. The highest BCUT2D eigenvalue weighted by atomic mass is 19.1. The molecular weight excluding hydrogens is 375 g/mol. The third-order valence-corrected chi connectivity index (χ3v) is 3.13. The summed E-state index contributed by atoms with van der Waals surface area (Å²) in [6, 6.07) is 0. The largest absolute Gasteiger partial charge is 0.377 e. The van der Waals surface area contributed by atoms with Crippen molar-refractivity contribution in [3.05, 3.63) is 0 Å². The molecule has 170 valence electrons. The van der Waals surface area contributed by atoms with Gasteiger partial charge in [0, 0.05) is 0 Å². The highest BCUT2D eigenvalue weighted by molar-refractivity contribution is 4.39. The second kappa shape index (κ2) is 24.6. The van der Waals surface area contributed by atoms with E-state index in [1.807, 2.05) is 13.8 Å². The molecule has 0 aliphatic heterocycles. The molecule has 0 amide bonds. The maximum Gasteiger partial charge on any atom is 0.113 e. The number of hydrogen-bond donors (Lipinski definition) is 0. The maximum absolute atomic E-state index is 11.7. The molecule has 28 heavy (non-hydrogen) atoms. The van der Waals surface area contributed by atoms with E-state index in [1.54, 1.807) is 0 Å². The van der Waals surface area contributed by atoms with Crippen LogP contribution in [0.3, 0.4) is 0 Å². The molecule has 0 aromatic rings. The standard InChI is InChI=1S/C19H39FO8/c1-19(2)28-18-17-27-16-15-26-14-13-25-12-11-24-10-9-23-8-7-22-6-5-21-4-3-20/h19H,3-18H2,1-2H3. The first-order valence-corrected chi connectivity index (χ1v) is 9.99. The Kier molecular flexibility index (Phi) is 24.3. The quantitative estimate of drug-likeness (QED) is 0.220. The molecule has 0 atom stereocenters. The van der Waals surface area contributed by atoms with E-state index < -0.39 is 6.67 Å². The third kappa shape index (κ3) is 25.6. The van der Waals surface area contributed by atoms with Gasteiger partial charge in [0.2, 0.25) is 0 Å². The van der Waals surface area contributed by atoms with Crippen LogP contribution in [0.25, 0.3) is 0 Å². The van der Waals surface area contributed by atoms with Crippen LogP contribution in [-0.4, -0.2) is 112 Å². The van der Waals surface area contributed by atoms with Crippen LogP contribution >= 0.6 is 0 Å². The van der Waals surface area contributed by atoms with E-state index in [4.69, 9.17) is 37.9 Å². The molecule has 0 aliphatic rings. The van der Waals surface area contributed by atoms with Gasteiger partial charge in [0.25, 0.3) is 0 Å². The topological polar surface area (TPSA) is 73.8 Å². The average molecular weight is 415 g/mol. The molecule has 0 unspecified atom stereocenters.